The van der Waals surface area contributed by atoms with E-state index in [9.17, 15) is 9.90 Å². The first-order valence-corrected chi connectivity index (χ1v) is 6.07. The van der Waals surface area contributed by atoms with Crippen molar-refractivity contribution in [2.75, 3.05) is 45.9 Å². The summed E-state index contributed by atoms with van der Waals surface area (Å²) in [6.45, 7) is 8.18. The molecule has 1 unspecified atom stereocenters. The summed E-state index contributed by atoms with van der Waals surface area (Å²) in [4.78, 5) is 12.5. The minimum absolute atomic E-state index is 0.0519. The molecule has 1 atom stereocenters. The number of nitrogens with zero attached hydrogens (tertiary/aromatic N) is 1. The Morgan fingerprint density at radius 3 is 2.65 bits per heavy atom. The summed E-state index contributed by atoms with van der Waals surface area (Å²) in [5.41, 5.74) is 4.91. The Labute approximate surface area is 103 Å². The van der Waals surface area contributed by atoms with E-state index in [2.05, 4.69) is 24.1 Å². The van der Waals surface area contributed by atoms with E-state index in [1.54, 1.807) is 0 Å². The quantitative estimate of drug-likeness (QED) is 0.398. The van der Waals surface area contributed by atoms with Crippen molar-refractivity contribution in [3.63, 3.8) is 0 Å². The molecular formula is C11H25N3O3. The molecule has 6 nitrogen and oxygen atoms in total. The number of ether oxygens (including phenoxy) is 1. The highest BCUT2D eigenvalue weighted by Gasteiger charge is 2.07. The molecule has 0 aliphatic carbocycles. The number of aliphatic hydroxyl groups excluding tert-OH is 1. The van der Waals surface area contributed by atoms with Crippen LogP contribution >= 0.6 is 0 Å². The van der Waals surface area contributed by atoms with E-state index in [-0.39, 0.29) is 12.7 Å². The van der Waals surface area contributed by atoms with Crippen LogP contribution in [0.1, 0.15) is 13.8 Å². The first-order valence-electron chi connectivity index (χ1n) is 6.07. The van der Waals surface area contributed by atoms with Crippen LogP contribution in [0.2, 0.25) is 0 Å². The van der Waals surface area contributed by atoms with Crippen molar-refractivity contribution < 1.29 is 14.6 Å². The summed E-state index contributed by atoms with van der Waals surface area (Å²) >= 11 is 0. The van der Waals surface area contributed by atoms with Crippen LogP contribution in [0.25, 0.3) is 0 Å². The van der Waals surface area contributed by atoms with E-state index in [4.69, 9.17) is 10.5 Å². The third-order valence-electron chi connectivity index (χ3n) is 2.41. The number of carbonyl (C=O) groups excluding carboxylic acids is 1. The monoisotopic (exact) mass is 247 g/mol. The van der Waals surface area contributed by atoms with Crippen LogP contribution in [-0.2, 0) is 9.53 Å². The third kappa shape index (κ3) is 10.2. The number of amides is 1. The second-order valence-electron chi connectivity index (χ2n) is 3.86. The van der Waals surface area contributed by atoms with Crippen molar-refractivity contribution in [3.05, 3.63) is 0 Å². The molecule has 4 N–H and O–H groups in total. The first-order chi connectivity index (χ1) is 8.10. The SMILES string of the molecule is CCN(CC)CC(O)CNCCOCC(N)=O. The molecule has 0 spiro atoms. The van der Waals surface area contributed by atoms with Gasteiger partial charge in [0.15, 0.2) is 0 Å². The molecule has 1 amide bonds. The highest BCUT2D eigenvalue weighted by molar-refractivity contribution is 5.74. The maximum Gasteiger partial charge on any atom is 0.243 e. The van der Waals surface area contributed by atoms with Gasteiger partial charge in [-0.2, -0.15) is 0 Å². The average Bonchev–Trinajstić information content (AvgIpc) is 2.30. The first kappa shape index (κ1) is 16.3. The fraction of sp³-hybridized carbons (Fsp3) is 0.909. The lowest BCUT2D eigenvalue weighted by molar-refractivity contribution is -0.122. The Hall–Kier alpha value is -0.690. The molecule has 0 heterocycles. The number of likely N-dealkylation sites (N-methyl/N-ethyl adjacent to an activating group) is 1. The van der Waals surface area contributed by atoms with Gasteiger partial charge in [-0.1, -0.05) is 13.8 Å². The summed E-state index contributed by atoms with van der Waals surface area (Å²) in [6, 6.07) is 0. The number of nitrogens with one attached hydrogen (secondary N) is 1. The Morgan fingerprint density at radius 1 is 1.47 bits per heavy atom. The second kappa shape index (κ2) is 10.5. The molecule has 0 saturated carbocycles. The summed E-state index contributed by atoms with van der Waals surface area (Å²) < 4.78 is 4.97. The highest BCUT2D eigenvalue weighted by atomic mass is 16.5. The standard InChI is InChI=1S/C11H25N3O3/c1-3-14(4-2)8-10(15)7-13-5-6-17-9-11(12)16/h10,13,15H,3-9H2,1-2H3,(H2,12,16). The van der Waals surface area contributed by atoms with Crippen LogP contribution in [0.4, 0.5) is 0 Å². The number of hydrogen-bond donors (Lipinski definition) is 3. The molecule has 0 aliphatic heterocycles. The lowest BCUT2D eigenvalue weighted by atomic mass is 10.3. The zero-order valence-electron chi connectivity index (χ0n) is 10.8. The highest BCUT2D eigenvalue weighted by Crippen LogP contribution is 1.90. The molecule has 0 aromatic carbocycles. The number of nitrogens with two attached hydrogens (primary N) is 1. The van der Waals surface area contributed by atoms with Gasteiger partial charge in [0.05, 0.1) is 12.7 Å². The Morgan fingerprint density at radius 2 is 2.12 bits per heavy atom. The van der Waals surface area contributed by atoms with Crippen molar-refractivity contribution in [1.29, 1.82) is 0 Å². The zero-order valence-corrected chi connectivity index (χ0v) is 10.8. The molecule has 0 rings (SSSR count). The van der Waals surface area contributed by atoms with Crippen LogP contribution in [0.3, 0.4) is 0 Å². The van der Waals surface area contributed by atoms with Crippen LogP contribution < -0.4 is 11.1 Å². The molecular weight excluding hydrogens is 222 g/mol. The Kier molecular flexibility index (Phi) is 10.0. The Balaban J connectivity index is 3.38. The smallest absolute Gasteiger partial charge is 0.243 e. The second-order valence-corrected chi connectivity index (χ2v) is 3.86. The topological polar surface area (TPSA) is 87.8 Å². The molecule has 0 aromatic heterocycles. The molecule has 0 aromatic rings. The van der Waals surface area contributed by atoms with E-state index in [1.165, 1.54) is 0 Å². The summed E-state index contributed by atoms with van der Waals surface area (Å²) in [5, 5.41) is 12.8. The van der Waals surface area contributed by atoms with Gasteiger partial charge in [0.2, 0.25) is 5.91 Å². The van der Waals surface area contributed by atoms with E-state index in [0.717, 1.165) is 13.1 Å². The van der Waals surface area contributed by atoms with Gasteiger partial charge in [0, 0.05) is 19.6 Å². The van der Waals surface area contributed by atoms with E-state index >= 15 is 0 Å². The van der Waals surface area contributed by atoms with E-state index < -0.39 is 5.91 Å². The largest absolute Gasteiger partial charge is 0.390 e. The molecule has 17 heavy (non-hydrogen) atoms. The van der Waals surface area contributed by atoms with Gasteiger partial charge in [0.1, 0.15) is 6.61 Å². The van der Waals surface area contributed by atoms with Crippen molar-refractivity contribution in [3.8, 4) is 0 Å². The zero-order chi connectivity index (χ0) is 13.1. The van der Waals surface area contributed by atoms with Gasteiger partial charge in [0.25, 0.3) is 0 Å². The number of aliphatic hydroxyl groups is 1. The lowest BCUT2D eigenvalue weighted by Gasteiger charge is -2.22. The van der Waals surface area contributed by atoms with Gasteiger partial charge in [-0.25, -0.2) is 0 Å². The maximum atomic E-state index is 10.4. The molecule has 0 radical (unpaired) electrons. The molecule has 0 aliphatic rings. The third-order valence-corrected chi connectivity index (χ3v) is 2.41. The molecule has 0 bridgehead atoms. The average molecular weight is 247 g/mol. The normalized spacial score (nSPS) is 12.9. The molecule has 102 valence electrons. The molecule has 0 fully saturated rings. The van der Waals surface area contributed by atoms with Crippen molar-refractivity contribution in [2.45, 2.75) is 20.0 Å². The van der Waals surface area contributed by atoms with Gasteiger partial charge in [-0.3, -0.25) is 4.79 Å². The predicted molar refractivity (Wildman–Crippen MR) is 66.7 cm³/mol. The minimum atomic E-state index is -0.466. The van der Waals surface area contributed by atoms with E-state index in [0.29, 0.717) is 26.2 Å². The Bertz CT molecular complexity index is 198. The van der Waals surface area contributed by atoms with Gasteiger partial charge < -0.3 is 25.8 Å². The maximum absolute atomic E-state index is 10.4. The fourth-order valence-electron chi connectivity index (χ4n) is 1.43. The molecule has 6 heteroatoms. The summed E-state index contributed by atoms with van der Waals surface area (Å²) in [7, 11) is 0. The van der Waals surface area contributed by atoms with Crippen molar-refractivity contribution in [1.82, 2.24) is 10.2 Å². The fourth-order valence-corrected chi connectivity index (χ4v) is 1.43. The van der Waals surface area contributed by atoms with Crippen LogP contribution in [-0.4, -0.2) is 68.0 Å². The summed E-state index contributed by atoms with van der Waals surface area (Å²) in [6.07, 6.45) is -0.383. The van der Waals surface area contributed by atoms with E-state index in [1.807, 2.05) is 0 Å². The number of primary amides is 1. The number of hydrogen-bond acceptors (Lipinski definition) is 5. The van der Waals surface area contributed by atoms with Crippen LogP contribution in [0.5, 0.6) is 0 Å². The van der Waals surface area contributed by atoms with Gasteiger partial charge in [-0.05, 0) is 13.1 Å². The van der Waals surface area contributed by atoms with Crippen LogP contribution in [0.15, 0.2) is 0 Å². The van der Waals surface area contributed by atoms with Gasteiger partial charge in [-0.15, -0.1) is 0 Å². The van der Waals surface area contributed by atoms with Gasteiger partial charge >= 0.3 is 0 Å². The predicted octanol–water partition coefficient (Wildman–Crippen LogP) is -1.22. The lowest BCUT2D eigenvalue weighted by Crippen LogP contribution is -2.39. The van der Waals surface area contributed by atoms with Crippen LogP contribution in [0, 0.1) is 0 Å². The molecule has 0 saturated heterocycles. The van der Waals surface area contributed by atoms with Crippen molar-refractivity contribution >= 4 is 5.91 Å². The minimum Gasteiger partial charge on any atom is -0.390 e. The number of carbonyl (C=O) groups is 1. The number of rotatable bonds is 11. The summed E-state index contributed by atoms with van der Waals surface area (Å²) in [5.74, 6) is -0.466. The van der Waals surface area contributed by atoms with Crippen molar-refractivity contribution in [2.24, 2.45) is 5.73 Å².